The molecule has 3 rings (SSSR count). The lowest BCUT2D eigenvalue weighted by Gasteiger charge is -2.33. The highest BCUT2D eigenvalue weighted by Gasteiger charge is 2.33. The molecule has 5 nitrogen and oxygen atoms in total. The van der Waals surface area contributed by atoms with Gasteiger partial charge in [-0.2, -0.15) is 13.2 Å². The molecular formula is C19H26F3N5. The topological polar surface area (TPSA) is 46.8 Å². The van der Waals surface area contributed by atoms with Gasteiger partial charge in [-0.3, -0.25) is 0 Å². The number of likely N-dealkylation sites (tertiary alicyclic amines) is 1. The molecule has 0 bridgehead atoms. The van der Waals surface area contributed by atoms with Crippen molar-refractivity contribution in [2.45, 2.75) is 51.7 Å². The molecule has 0 unspecified atom stereocenters. The van der Waals surface area contributed by atoms with Crippen LogP contribution in [0.4, 0.5) is 13.2 Å². The zero-order valence-electron chi connectivity index (χ0n) is 15.6. The van der Waals surface area contributed by atoms with Crippen LogP contribution in [-0.4, -0.2) is 44.7 Å². The molecule has 0 spiro atoms. The number of halogens is 3. The van der Waals surface area contributed by atoms with E-state index in [2.05, 4.69) is 20.4 Å². The van der Waals surface area contributed by atoms with Gasteiger partial charge < -0.3 is 4.90 Å². The van der Waals surface area contributed by atoms with Gasteiger partial charge in [0.25, 0.3) is 0 Å². The number of alkyl halides is 3. The molecule has 1 fully saturated rings. The zero-order valence-corrected chi connectivity index (χ0v) is 15.6. The summed E-state index contributed by atoms with van der Waals surface area (Å²) in [6, 6.07) is 5.95. The third kappa shape index (κ3) is 5.51. The van der Waals surface area contributed by atoms with Crippen LogP contribution in [0, 0.1) is 12.8 Å². The average molecular weight is 381 g/mol. The maximum atomic E-state index is 13.1. The van der Waals surface area contributed by atoms with Gasteiger partial charge in [0.1, 0.15) is 5.82 Å². The Hall–Kier alpha value is -1.96. The lowest BCUT2D eigenvalue weighted by atomic mass is 9.90. The molecular weight excluding hydrogens is 355 g/mol. The van der Waals surface area contributed by atoms with Crippen molar-refractivity contribution in [1.29, 1.82) is 0 Å². The first-order valence-corrected chi connectivity index (χ1v) is 9.53. The van der Waals surface area contributed by atoms with Crippen molar-refractivity contribution in [3.05, 3.63) is 41.2 Å². The van der Waals surface area contributed by atoms with Crippen molar-refractivity contribution >= 4 is 0 Å². The number of piperidine rings is 1. The summed E-state index contributed by atoms with van der Waals surface area (Å²) in [4.78, 5) is 2.42. The van der Waals surface area contributed by atoms with Gasteiger partial charge in [-0.15, -0.1) is 5.10 Å². The average Bonchev–Trinajstić information content (AvgIpc) is 3.05. The quantitative estimate of drug-likeness (QED) is 0.733. The van der Waals surface area contributed by atoms with E-state index in [4.69, 9.17) is 0 Å². The van der Waals surface area contributed by atoms with Crippen LogP contribution < -0.4 is 0 Å². The van der Waals surface area contributed by atoms with Crippen LogP contribution in [0.1, 0.15) is 42.6 Å². The molecule has 1 aromatic heterocycles. The van der Waals surface area contributed by atoms with Crippen molar-refractivity contribution in [3.8, 4) is 0 Å². The summed E-state index contributed by atoms with van der Waals surface area (Å²) in [5.41, 5.74) is -0.0780. The first kappa shape index (κ1) is 19.8. The van der Waals surface area contributed by atoms with E-state index in [1.807, 2.05) is 6.92 Å². The van der Waals surface area contributed by atoms with E-state index in [0.29, 0.717) is 17.9 Å². The second-order valence-corrected chi connectivity index (χ2v) is 7.31. The molecule has 27 heavy (non-hydrogen) atoms. The first-order chi connectivity index (χ1) is 12.9. The zero-order chi connectivity index (χ0) is 19.3. The minimum atomic E-state index is -4.27. The van der Waals surface area contributed by atoms with Crippen LogP contribution >= 0.6 is 0 Å². The van der Waals surface area contributed by atoms with Gasteiger partial charge in [-0.1, -0.05) is 18.2 Å². The minimum absolute atomic E-state index is 0.413. The van der Waals surface area contributed by atoms with Crippen molar-refractivity contribution in [3.63, 3.8) is 0 Å². The van der Waals surface area contributed by atoms with E-state index in [1.165, 1.54) is 12.1 Å². The molecule has 0 aliphatic carbocycles. The standard InChI is InChI=1S/C19H26F3N5/c1-15-23-24-25-27(15)13-5-12-26-11-4-6-16(14-26)9-10-17-7-2-3-8-18(17)19(20,21)22/h2-3,7-8,16H,4-6,9-14H2,1H3/t16-/m0/s1. The molecule has 1 aliphatic heterocycles. The Labute approximate surface area is 157 Å². The Morgan fingerprint density at radius 1 is 1.19 bits per heavy atom. The predicted octanol–water partition coefficient (Wildman–Crippen LogP) is 3.74. The Balaban J connectivity index is 1.47. The van der Waals surface area contributed by atoms with Gasteiger partial charge in [0.2, 0.25) is 0 Å². The van der Waals surface area contributed by atoms with Crippen LogP contribution in [0.3, 0.4) is 0 Å². The molecule has 1 atom stereocenters. The number of hydrogen-bond donors (Lipinski definition) is 0. The summed E-state index contributed by atoms with van der Waals surface area (Å²) >= 11 is 0. The highest BCUT2D eigenvalue weighted by Crippen LogP contribution is 2.33. The molecule has 0 radical (unpaired) electrons. The Bertz CT molecular complexity index is 728. The molecule has 0 saturated carbocycles. The van der Waals surface area contributed by atoms with Crippen molar-refractivity contribution in [2.75, 3.05) is 19.6 Å². The molecule has 148 valence electrons. The van der Waals surface area contributed by atoms with Crippen LogP contribution in [-0.2, 0) is 19.1 Å². The molecule has 1 saturated heterocycles. The van der Waals surface area contributed by atoms with Gasteiger partial charge >= 0.3 is 6.18 Å². The lowest BCUT2D eigenvalue weighted by molar-refractivity contribution is -0.138. The fraction of sp³-hybridized carbons (Fsp3) is 0.632. The fourth-order valence-electron chi connectivity index (χ4n) is 3.86. The molecule has 2 heterocycles. The third-order valence-electron chi connectivity index (χ3n) is 5.30. The van der Waals surface area contributed by atoms with Crippen LogP contribution in [0.15, 0.2) is 24.3 Å². The number of benzene rings is 1. The van der Waals surface area contributed by atoms with Crippen molar-refractivity contribution < 1.29 is 13.2 Å². The second kappa shape index (κ2) is 8.82. The van der Waals surface area contributed by atoms with Gasteiger partial charge in [-0.25, -0.2) is 4.68 Å². The Morgan fingerprint density at radius 3 is 2.74 bits per heavy atom. The monoisotopic (exact) mass is 381 g/mol. The molecule has 0 N–H and O–H groups in total. The summed E-state index contributed by atoms with van der Waals surface area (Å²) in [5, 5.41) is 11.5. The normalized spacial score (nSPS) is 18.7. The predicted molar refractivity (Wildman–Crippen MR) is 96.1 cm³/mol. The number of rotatable bonds is 7. The fourth-order valence-corrected chi connectivity index (χ4v) is 3.86. The SMILES string of the molecule is Cc1nnnn1CCCN1CCC[C@@H](CCc2ccccc2C(F)(F)F)C1. The highest BCUT2D eigenvalue weighted by molar-refractivity contribution is 5.29. The molecule has 8 heteroatoms. The number of aromatic nitrogens is 4. The highest BCUT2D eigenvalue weighted by atomic mass is 19.4. The van der Waals surface area contributed by atoms with Crippen LogP contribution in [0.2, 0.25) is 0 Å². The molecule has 1 aromatic carbocycles. The number of tetrazole rings is 1. The summed E-state index contributed by atoms with van der Waals surface area (Å²) in [7, 11) is 0. The van der Waals surface area contributed by atoms with E-state index in [1.54, 1.807) is 16.8 Å². The van der Waals surface area contributed by atoms with Crippen molar-refractivity contribution in [2.24, 2.45) is 5.92 Å². The second-order valence-electron chi connectivity index (χ2n) is 7.31. The number of aryl methyl sites for hydroxylation is 3. The minimum Gasteiger partial charge on any atom is -0.303 e. The summed E-state index contributed by atoms with van der Waals surface area (Å²) < 4.78 is 41.2. The van der Waals surface area contributed by atoms with E-state index in [9.17, 15) is 13.2 Å². The van der Waals surface area contributed by atoms with E-state index in [0.717, 1.165) is 57.7 Å². The lowest BCUT2D eigenvalue weighted by Crippen LogP contribution is -2.36. The van der Waals surface area contributed by atoms with Crippen LogP contribution in [0.5, 0.6) is 0 Å². The summed E-state index contributed by atoms with van der Waals surface area (Å²) in [6.07, 6.45) is 0.180. The van der Waals surface area contributed by atoms with Gasteiger partial charge in [0, 0.05) is 13.1 Å². The largest absolute Gasteiger partial charge is 0.416 e. The van der Waals surface area contributed by atoms with E-state index in [-0.39, 0.29) is 0 Å². The van der Waals surface area contributed by atoms with Crippen molar-refractivity contribution in [1.82, 2.24) is 25.1 Å². The van der Waals surface area contributed by atoms with Gasteiger partial charge in [0.15, 0.2) is 0 Å². The molecule has 2 aromatic rings. The Kier molecular flexibility index (Phi) is 6.46. The maximum absolute atomic E-state index is 13.1. The van der Waals surface area contributed by atoms with Gasteiger partial charge in [0.05, 0.1) is 5.56 Å². The number of nitrogens with zero attached hydrogens (tertiary/aromatic N) is 5. The first-order valence-electron chi connectivity index (χ1n) is 9.53. The van der Waals surface area contributed by atoms with E-state index >= 15 is 0 Å². The summed E-state index contributed by atoms with van der Waals surface area (Å²) in [6.45, 7) is 5.66. The van der Waals surface area contributed by atoms with Crippen LogP contribution in [0.25, 0.3) is 0 Å². The molecule has 1 aliphatic rings. The van der Waals surface area contributed by atoms with E-state index < -0.39 is 11.7 Å². The smallest absolute Gasteiger partial charge is 0.303 e. The maximum Gasteiger partial charge on any atom is 0.416 e. The Morgan fingerprint density at radius 2 is 2.00 bits per heavy atom. The third-order valence-corrected chi connectivity index (χ3v) is 5.30. The number of hydrogen-bond acceptors (Lipinski definition) is 4. The summed E-state index contributed by atoms with van der Waals surface area (Å²) in [5.74, 6) is 1.27. The molecule has 0 amide bonds. The van der Waals surface area contributed by atoms with Gasteiger partial charge in [-0.05, 0) is 80.1 Å².